The van der Waals surface area contributed by atoms with E-state index < -0.39 is 21.7 Å². The molecule has 2 N–H and O–H groups in total. The van der Waals surface area contributed by atoms with Gasteiger partial charge in [0.15, 0.2) is 9.84 Å². The number of aromatic hydroxyl groups is 1. The molecule has 1 heterocycles. The van der Waals surface area contributed by atoms with E-state index in [0.29, 0.717) is 17.7 Å². The van der Waals surface area contributed by atoms with E-state index in [2.05, 4.69) is 26.5 Å². The molecule has 114 valence electrons. The third kappa shape index (κ3) is 4.04. The van der Waals surface area contributed by atoms with Crippen LogP contribution in [0.5, 0.6) is 5.75 Å². The van der Waals surface area contributed by atoms with E-state index in [1.807, 2.05) is 0 Å². The summed E-state index contributed by atoms with van der Waals surface area (Å²) >= 11 is 3.29. The van der Waals surface area contributed by atoms with Gasteiger partial charge in [0.05, 0.1) is 23.1 Å². The van der Waals surface area contributed by atoms with Crippen LogP contribution in [0.1, 0.15) is 18.9 Å². The summed E-state index contributed by atoms with van der Waals surface area (Å²) in [5, 5.41) is 13.7. The van der Waals surface area contributed by atoms with Gasteiger partial charge in [-0.15, -0.1) is 0 Å². The highest BCUT2D eigenvalue weighted by atomic mass is 79.9. The van der Waals surface area contributed by atoms with Gasteiger partial charge in [0, 0.05) is 10.0 Å². The number of nitrogens with zero attached hydrogens (tertiary/aromatic N) is 1. The number of halogens is 1. The molecule has 1 fully saturated rings. The van der Waals surface area contributed by atoms with Crippen LogP contribution in [0.15, 0.2) is 27.8 Å². The van der Waals surface area contributed by atoms with Gasteiger partial charge in [0.25, 0.3) is 0 Å². The third-order valence-corrected chi connectivity index (χ3v) is 5.55. The standard InChI is InChI=1S/C13H15BrN2O4S/c1-8(11-6-10(14)2-3-12(11)17)15-16-13(18)9-4-5-21(19,20)7-9/h2-3,6,9,17H,4-5,7H2,1H3,(H,16,18)/b15-8+/t9-/m0/s1. The minimum absolute atomic E-state index is 0.0419. The molecule has 1 amide bonds. The number of rotatable bonds is 3. The summed E-state index contributed by atoms with van der Waals surface area (Å²) in [5.74, 6) is -1.000. The van der Waals surface area contributed by atoms with Crippen LogP contribution in [0.2, 0.25) is 0 Å². The van der Waals surface area contributed by atoms with Crippen molar-refractivity contribution in [3.8, 4) is 5.75 Å². The molecule has 2 rings (SSSR count). The molecule has 1 aliphatic rings. The Morgan fingerprint density at radius 2 is 2.19 bits per heavy atom. The number of carbonyl (C=O) groups is 1. The molecule has 8 heteroatoms. The second-order valence-corrected chi connectivity index (χ2v) is 8.08. The molecule has 1 saturated heterocycles. The highest BCUT2D eigenvalue weighted by Crippen LogP contribution is 2.22. The highest BCUT2D eigenvalue weighted by molar-refractivity contribution is 9.10. The van der Waals surface area contributed by atoms with E-state index in [9.17, 15) is 18.3 Å². The average Bonchev–Trinajstić information content (AvgIpc) is 2.79. The Morgan fingerprint density at radius 1 is 1.48 bits per heavy atom. The topological polar surface area (TPSA) is 95.8 Å². The van der Waals surface area contributed by atoms with Crippen LogP contribution in [0.4, 0.5) is 0 Å². The Labute approximate surface area is 131 Å². The summed E-state index contributed by atoms with van der Waals surface area (Å²) in [6, 6.07) is 4.89. The first-order valence-electron chi connectivity index (χ1n) is 6.32. The van der Waals surface area contributed by atoms with E-state index in [0.717, 1.165) is 4.47 Å². The minimum atomic E-state index is -3.10. The number of carbonyl (C=O) groups excluding carboxylic acids is 1. The maximum atomic E-state index is 11.9. The van der Waals surface area contributed by atoms with Crippen LogP contribution < -0.4 is 5.43 Å². The normalized spacial score (nSPS) is 21.2. The fourth-order valence-corrected chi connectivity index (χ4v) is 4.19. The number of hydrogen-bond acceptors (Lipinski definition) is 5. The van der Waals surface area contributed by atoms with Crippen molar-refractivity contribution >= 4 is 37.4 Å². The molecule has 1 aliphatic heterocycles. The fourth-order valence-electron chi connectivity index (χ4n) is 2.09. The first kappa shape index (κ1) is 16.0. The van der Waals surface area contributed by atoms with Gasteiger partial charge in [0.1, 0.15) is 5.75 Å². The van der Waals surface area contributed by atoms with Gasteiger partial charge >= 0.3 is 0 Å². The number of sulfone groups is 1. The first-order valence-corrected chi connectivity index (χ1v) is 8.93. The smallest absolute Gasteiger partial charge is 0.244 e. The zero-order valence-corrected chi connectivity index (χ0v) is 13.7. The van der Waals surface area contributed by atoms with Crippen molar-refractivity contribution in [2.75, 3.05) is 11.5 Å². The summed E-state index contributed by atoms with van der Waals surface area (Å²) in [6.07, 6.45) is 0.324. The van der Waals surface area contributed by atoms with Gasteiger partial charge in [-0.3, -0.25) is 4.79 Å². The van der Waals surface area contributed by atoms with E-state index in [1.54, 1.807) is 19.1 Å². The Morgan fingerprint density at radius 3 is 2.81 bits per heavy atom. The summed E-state index contributed by atoms with van der Waals surface area (Å²) < 4.78 is 23.4. The lowest BCUT2D eigenvalue weighted by atomic mass is 10.1. The van der Waals surface area contributed by atoms with Crippen LogP contribution in [0, 0.1) is 5.92 Å². The maximum Gasteiger partial charge on any atom is 0.244 e. The van der Waals surface area contributed by atoms with Gasteiger partial charge in [-0.05, 0) is 31.5 Å². The van der Waals surface area contributed by atoms with Crippen molar-refractivity contribution in [2.45, 2.75) is 13.3 Å². The highest BCUT2D eigenvalue weighted by Gasteiger charge is 2.32. The molecular formula is C13H15BrN2O4S. The number of hydrazone groups is 1. The lowest BCUT2D eigenvalue weighted by molar-refractivity contribution is -0.124. The zero-order valence-electron chi connectivity index (χ0n) is 11.3. The van der Waals surface area contributed by atoms with Crippen molar-refractivity contribution in [3.63, 3.8) is 0 Å². The van der Waals surface area contributed by atoms with Gasteiger partial charge in [-0.1, -0.05) is 15.9 Å². The van der Waals surface area contributed by atoms with Crippen LogP contribution in [0.25, 0.3) is 0 Å². The predicted octanol–water partition coefficient (Wildman–Crippen LogP) is 1.43. The molecule has 0 radical (unpaired) electrons. The first-order chi connectivity index (χ1) is 9.78. The Hall–Kier alpha value is -1.41. The van der Waals surface area contributed by atoms with E-state index in [1.165, 1.54) is 6.07 Å². The Kier molecular flexibility index (Phi) is 4.67. The van der Waals surface area contributed by atoms with E-state index in [4.69, 9.17) is 0 Å². The molecule has 0 aliphatic carbocycles. The molecule has 6 nitrogen and oxygen atoms in total. The Balaban J connectivity index is 2.07. The van der Waals surface area contributed by atoms with Gasteiger partial charge in [-0.2, -0.15) is 5.10 Å². The largest absolute Gasteiger partial charge is 0.507 e. The van der Waals surface area contributed by atoms with E-state index >= 15 is 0 Å². The van der Waals surface area contributed by atoms with Crippen molar-refractivity contribution in [2.24, 2.45) is 11.0 Å². The average molecular weight is 375 g/mol. The second kappa shape index (κ2) is 6.15. The number of nitrogens with one attached hydrogen (secondary N) is 1. The second-order valence-electron chi connectivity index (χ2n) is 4.93. The Bertz CT molecular complexity index is 700. The number of benzene rings is 1. The number of phenolic OH excluding ortho intramolecular Hbond substituents is 1. The van der Waals surface area contributed by atoms with E-state index in [-0.39, 0.29) is 17.3 Å². The maximum absolute atomic E-state index is 11.9. The molecule has 0 saturated carbocycles. The third-order valence-electron chi connectivity index (χ3n) is 3.29. The zero-order chi connectivity index (χ0) is 15.6. The summed E-state index contributed by atoms with van der Waals surface area (Å²) in [6.45, 7) is 1.65. The molecule has 0 bridgehead atoms. The molecule has 0 aromatic heterocycles. The monoisotopic (exact) mass is 374 g/mol. The van der Waals surface area contributed by atoms with Gasteiger partial charge in [0.2, 0.25) is 5.91 Å². The van der Waals surface area contributed by atoms with Crippen molar-refractivity contribution in [3.05, 3.63) is 28.2 Å². The summed E-state index contributed by atoms with van der Waals surface area (Å²) in [4.78, 5) is 11.9. The van der Waals surface area contributed by atoms with Crippen molar-refractivity contribution in [1.29, 1.82) is 0 Å². The van der Waals surface area contributed by atoms with Crippen LogP contribution in [0.3, 0.4) is 0 Å². The van der Waals surface area contributed by atoms with Crippen LogP contribution in [-0.4, -0.2) is 36.6 Å². The number of amides is 1. The fraction of sp³-hybridized carbons (Fsp3) is 0.385. The van der Waals surface area contributed by atoms with Crippen molar-refractivity contribution < 1.29 is 18.3 Å². The molecule has 0 spiro atoms. The predicted molar refractivity (Wildman–Crippen MR) is 82.9 cm³/mol. The summed E-state index contributed by atoms with van der Waals surface area (Å²) in [5.41, 5.74) is 3.29. The number of phenols is 1. The van der Waals surface area contributed by atoms with Crippen LogP contribution >= 0.6 is 15.9 Å². The summed E-state index contributed by atoms with van der Waals surface area (Å²) in [7, 11) is -3.10. The minimum Gasteiger partial charge on any atom is -0.507 e. The molecular weight excluding hydrogens is 360 g/mol. The lowest BCUT2D eigenvalue weighted by Crippen LogP contribution is -2.28. The van der Waals surface area contributed by atoms with Gasteiger partial charge < -0.3 is 5.11 Å². The van der Waals surface area contributed by atoms with Crippen molar-refractivity contribution in [1.82, 2.24) is 5.43 Å². The van der Waals surface area contributed by atoms with Crippen LogP contribution in [-0.2, 0) is 14.6 Å². The lowest BCUT2D eigenvalue weighted by Gasteiger charge is -2.08. The van der Waals surface area contributed by atoms with Gasteiger partial charge in [-0.25, -0.2) is 13.8 Å². The number of hydrogen-bond donors (Lipinski definition) is 2. The molecule has 1 aromatic carbocycles. The SMILES string of the molecule is C/C(=N\NC(=O)[C@H]1CCS(=O)(=O)C1)c1cc(Br)ccc1O. The molecule has 0 unspecified atom stereocenters. The molecule has 21 heavy (non-hydrogen) atoms. The quantitative estimate of drug-likeness (QED) is 0.617. The molecule has 1 atom stereocenters. The molecule has 1 aromatic rings.